The van der Waals surface area contributed by atoms with E-state index in [-0.39, 0.29) is 23.0 Å². The Kier molecular flexibility index (Phi) is 4.96. The van der Waals surface area contributed by atoms with Crippen LogP contribution in [0.25, 0.3) is 11.0 Å². The molecule has 3 aromatic heterocycles. The summed E-state index contributed by atoms with van der Waals surface area (Å²) in [6.07, 6.45) is 5.05. The first-order valence-corrected chi connectivity index (χ1v) is 9.95. The highest BCUT2D eigenvalue weighted by Crippen LogP contribution is 2.21. The van der Waals surface area contributed by atoms with Gasteiger partial charge in [0.2, 0.25) is 9.84 Å². The van der Waals surface area contributed by atoms with Gasteiger partial charge in [-0.25, -0.2) is 27.2 Å². The highest BCUT2D eigenvalue weighted by Gasteiger charge is 2.21. The van der Waals surface area contributed by atoms with Crippen molar-refractivity contribution in [3.8, 4) is 0 Å². The van der Waals surface area contributed by atoms with Crippen LogP contribution >= 0.6 is 0 Å². The van der Waals surface area contributed by atoms with Crippen LogP contribution in [0.3, 0.4) is 0 Å². The zero-order chi connectivity index (χ0) is 21.3. The third kappa shape index (κ3) is 3.87. The maximum absolute atomic E-state index is 13.3. The minimum absolute atomic E-state index is 0.0744. The molecule has 0 unspecified atom stereocenters. The van der Waals surface area contributed by atoms with Crippen molar-refractivity contribution in [2.24, 2.45) is 0 Å². The van der Waals surface area contributed by atoms with Gasteiger partial charge in [-0.3, -0.25) is 9.78 Å². The molecule has 0 atom stereocenters. The van der Waals surface area contributed by atoms with Gasteiger partial charge in [0, 0.05) is 30.0 Å². The molecular weight excluding hydrogens is 418 g/mol. The summed E-state index contributed by atoms with van der Waals surface area (Å²) in [6.45, 7) is -0.0942. The molecule has 0 bridgehead atoms. The van der Waals surface area contributed by atoms with E-state index in [0.717, 1.165) is 17.8 Å². The first-order chi connectivity index (χ1) is 14.3. The van der Waals surface area contributed by atoms with Gasteiger partial charge in [-0.15, -0.1) is 0 Å². The Morgan fingerprint density at radius 2 is 1.70 bits per heavy atom. The molecule has 3 heterocycles. The number of nitrogens with zero attached hydrogens (tertiary/aromatic N) is 3. The first kappa shape index (κ1) is 19.6. The topological polar surface area (TPSA) is 115 Å². The lowest BCUT2D eigenvalue weighted by atomic mass is 10.3. The van der Waals surface area contributed by atoms with E-state index in [0.29, 0.717) is 23.8 Å². The lowest BCUT2D eigenvalue weighted by Gasteiger charge is -2.06. The lowest BCUT2D eigenvalue weighted by Crippen LogP contribution is -2.23. The van der Waals surface area contributed by atoms with Gasteiger partial charge >= 0.3 is 0 Å². The number of aromatic nitrogens is 3. The molecule has 0 spiro atoms. The number of carbonyl (C=O) groups is 1. The standard InChI is InChI=1S/C19H12F2N4O4S/c20-12-4-13(21)6-14(5-12)30(27,28)15-7-23-18(24-8-15)10-25-19(26)16-3-11-1-2-22-9-17(11)29-16/h1-9H,10H2,(H,25,26). The van der Waals surface area contributed by atoms with Gasteiger partial charge in [0.05, 0.1) is 17.6 Å². The molecule has 0 saturated carbocycles. The Balaban J connectivity index is 1.47. The smallest absolute Gasteiger partial charge is 0.287 e. The summed E-state index contributed by atoms with van der Waals surface area (Å²) in [5.41, 5.74) is 0.460. The summed E-state index contributed by atoms with van der Waals surface area (Å²) in [6, 6.07) is 5.23. The average molecular weight is 430 g/mol. The number of amides is 1. The molecule has 0 aliphatic heterocycles. The highest BCUT2D eigenvalue weighted by atomic mass is 32.2. The van der Waals surface area contributed by atoms with E-state index in [4.69, 9.17) is 4.42 Å². The third-order valence-electron chi connectivity index (χ3n) is 4.09. The van der Waals surface area contributed by atoms with Gasteiger partial charge in [-0.2, -0.15) is 0 Å². The molecular formula is C19H12F2N4O4S. The maximum atomic E-state index is 13.3. The molecule has 0 aliphatic carbocycles. The monoisotopic (exact) mass is 430 g/mol. The minimum Gasteiger partial charge on any atom is -0.449 e. The van der Waals surface area contributed by atoms with Crippen molar-refractivity contribution in [2.75, 3.05) is 0 Å². The Labute approximate surface area is 168 Å². The van der Waals surface area contributed by atoms with Crippen LogP contribution in [0.15, 0.2) is 69.3 Å². The summed E-state index contributed by atoms with van der Waals surface area (Å²) >= 11 is 0. The molecule has 0 aliphatic rings. The maximum Gasteiger partial charge on any atom is 0.287 e. The zero-order valence-corrected chi connectivity index (χ0v) is 15.9. The number of nitrogens with one attached hydrogen (secondary N) is 1. The van der Waals surface area contributed by atoms with E-state index in [1.165, 1.54) is 6.20 Å². The SMILES string of the molecule is O=C(NCc1ncc(S(=O)(=O)c2cc(F)cc(F)c2)cn1)c1cc2ccncc2o1. The number of fused-ring (bicyclic) bond motifs is 1. The molecule has 4 rings (SSSR count). The molecule has 0 radical (unpaired) electrons. The molecule has 1 N–H and O–H groups in total. The van der Waals surface area contributed by atoms with Crippen molar-refractivity contribution < 1.29 is 26.4 Å². The van der Waals surface area contributed by atoms with Crippen LogP contribution in [0, 0.1) is 11.6 Å². The number of rotatable bonds is 5. The zero-order valence-electron chi connectivity index (χ0n) is 15.0. The Morgan fingerprint density at radius 1 is 1.00 bits per heavy atom. The van der Waals surface area contributed by atoms with Gasteiger partial charge in [0.15, 0.2) is 11.3 Å². The van der Waals surface area contributed by atoms with Crippen molar-refractivity contribution >= 4 is 26.7 Å². The fourth-order valence-corrected chi connectivity index (χ4v) is 3.83. The second kappa shape index (κ2) is 7.59. The number of hydrogen-bond donors (Lipinski definition) is 1. The molecule has 4 aromatic rings. The van der Waals surface area contributed by atoms with Gasteiger partial charge in [-0.1, -0.05) is 0 Å². The Hall–Kier alpha value is -3.73. The van der Waals surface area contributed by atoms with E-state index < -0.39 is 32.3 Å². The second-order valence-electron chi connectivity index (χ2n) is 6.15. The Bertz CT molecular complexity index is 1300. The van der Waals surface area contributed by atoms with Crippen molar-refractivity contribution in [3.63, 3.8) is 0 Å². The fraction of sp³-hybridized carbons (Fsp3) is 0.0526. The van der Waals surface area contributed by atoms with Crippen LogP contribution in [-0.2, 0) is 16.4 Å². The molecule has 30 heavy (non-hydrogen) atoms. The number of benzene rings is 1. The summed E-state index contributed by atoms with van der Waals surface area (Å²) < 4.78 is 57.0. The van der Waals surface area contributed by atoms with Crippen LogP contribution in [0.4, 0.5) is 8.78 Å². The molecule has 0 fully saturated rings. The fourth-order valence-electron chi connectivity index (χ4n) is 2.64. The molecule has 1 amide bonds. The van der Waals surface area contributed by atoms with Crippen LogP contribution in [0.1, 0.15) is 16.4 Å². The van der Waals surface area contributed by atoms with E-state index in [9.17, 15) is 22.0 Å². The van der Waals surface area contributed by atoms with Crippen molar-refractivity contribution in [2.45, 2.75) is 16.3 Å². The van der Waals surface area contributed by atoms with Gasteiger partial charge in [-0.05, 0) is 24.3 Å². The van der Waals surface area contributed by atoms with Crippen molar-refractivity contribution in [3.05, 3.63) is 78.3 Å². The first-order valence-electron chi connectivity index (χ1n) is 8.47. The largest absolute Gasteiger partial charge is 0.449 e. The predicted molar refractivity (Wildman–Crippen MR) is 99.0 cm³/mol. The summed E-state index contributed by atoms with van der Waals surface area (Å²) in [7, 11) is -4.20. The third-order valence-corrected chi connectivity index (χ3v) is 5.78. The van der Waals surface area contributed by atoms with Crippen molar-refractivity contribution in [1.29, 1.82) is 0 Å². The Morgan fingerprint density at radius 3 is 2.37 bits per heavy atom. The van der Waals surface area contributed by atoms with Crippen molar-refractivity contribution in [1.82, 2.24) is 20.3 Å². The number of halogens is 2. The average Bonchev–Trinajstić information content (AvgIpc) is 3.16. The summed E-state index contributed by atoms with van der Waals surface area (Å²) in [5.74, 6) is -2.34. The molecule has 11 heteroatoms. The normalized spacial score (nSPS) is 11.5. The molecule has 152 valence electrons. The van der Waals surface area contributed by atoms with E-state index in [1.807, 2.05) is 0 Å². The van der Waals surface area contributed by atoms with Gasteiger partial charge in [0.25, 0.3) is 5.91 Å². The van der Waals surface area contributed by atoms with Crippen LogP contribution in [0.2, 0.25) is 0 Å². The van der Waals surface area contributed by atoms with Gasteiger partial charge < -0.3 is 9.73 Å². The van der Waals surface area contributed by atoms with E-state index in [2.05, 4.69) is 20.3 Å². The van der Waals surface area contributed by atoms with Gasteiger partial charge in [0.1, 0.15) is 22.4 Å². The summed E-state index contributed by atoms with van der Waals surface area (Å²) in [5, 5.41) is 3.27. The van der Waals surface area contributed by atoms with Crippen LogP contribution < -0.4 is 5.32 Å². The molecule has 1 aromatic carbocycles. The summed E-state index contributed by atoms with van der Waals surface area (Å²) in [4.78, 5) is 23.0. The molecule has 0 saturated heterocycles. The predicted octanol–water partition coefficient (Wildman–Crippen LogP) is 2.66. The molecule has 8 nitrogen and oxygen atoms in total. The number of furan rings is 1. The lowest BCUT2D eigenvalue weighted by molar-refractivity contribution is 0.0924. The highest BCUT2D eigenvalue weighted by molar-refractivity contribution is 7.91. The number of carbonyl (C=O) groups excluding carboxylic acids is 1. The van der Waals surface area contributed by atoms with E-state index >= 15 is 0 Å². The van der Waals surface area contributed by atoms with Crippen LogP contribution in [0.5, 0.6) is 0 Å². The number of sulfone groups is 1. The van der Waals surface area contributed by atoms with E-state index in [1.54, 1.807) is 18.3 Å². The minimum atomic E-state index is -4.20. The quantitative estimate of drug-likeness (QED) is 0.518. The number of hydrogen-bond acceptors (Lipinski definition) is 7. The second-order valence-corrected chi connectivity index (χ2v) is 8.10. The van der Waals surface area contributed by atoms with Crippen LogP contribution in [-0.4, -0.2) is 29.3 Å². The number of pyridine rings is 1.